The van der Waals surface area contributed by atoms with E-state index in [1.807, 2.05) is 0 Å². The molecule has 0 aromatic rings. The Labute approximate surface area is 225 Å². The molecule has 0 atom stereocenters. The third-order valence-corrected chi connectivity index (χ3v) is 0. The molecule has 0 heterocycles. The summed E-state index contributed by atoms with van der Waals surface area (Å²) < 4.78 is 0. The first kappa shape index (κ1) is 3580. The lowest BCUT2D eigenvalue weighted by molar-refractivity contribution is 0.562. The van der Waals surface area contributed by atoms with Crippen LogP contribution < -0.4 is 0 Å². The summed E-state index contributed by atoms with van der Waals surface area (Å²) in [7, 11) is 0. The van der Waals surface area contributed by atoms with E-state index in [1.165, 1.54) is 0 Å². The summed E-state index contributed by atoms with van der Waals surface area (Å²) in [5, 5.41) is 10.8. The molecule has 0 aromatic heterocycles. The van der Waals surface area contributed by atoms with Gasteiger partial charge in [-0.1, -0.05) is 193 Å². The number of nitrogens with one attached hydrogen (secondary N) is 2. The van der Waals surface area contributed by atoms with Gasteiger partial charge in [0.05, 0.1) is 0 Å². The van der Waals surface area contributed by atoms with Crippen LogP contribution in [0.4, 0.5) is 0 Å². The predicted molar refractivity (Wildman–Crippen MR) is 192 cm³/mol. The van der Waals surface area contributed by atoms with Gasteiger partial charge in [0.2, 0.25) is 12.2 Å². The Morgan fingerprint density at radius 3 is 0.219 bits per heavy atom. The summed E-state index contributed by atoms with van der Waals surface area (Å²) in [6, 6.07) is 0. The van der Waals surface area contributed by atoms with Crippen LogP contribution in [-0.4, -0.2) is 12.2 Å². The number of rotatable bonds is 0. The molecule has 4 nitrogen and oxygen atoms in total. The lowest BCUT2D eigenvalue weighted by Crippen LogP contribution is -1.16. The molecule has 2 N–H and O–H groups in total. The van der Waals surface area contributed by atoms with Crippen LogP contribution in [0, 0.1) is 10.8 Å². The summed E-state index contributed by atoms with van der Waals surface area (Å²) >= 11 is 0. The highest BCUT2D eigenvalue weighted by Gasteiger charge is 1.04. The Bertz CT molecular complexity index is 75.4. The molecule has 0 unspecified atom stereocenters. The zero-order valence-electron chi connectivity index (χ0n) is 2.82. The Morgan fingerprint density at radius 2 is 0.219 bits per heavy atom. The summed E-state index contributed by atoms with van der Waals surface area (Å²) in [6.45, 7) is 0. The lowest BCUT2D eigenvalue weighted by atomic mass is 11.7. The molecule has 240 valence electrons. The molecule has 0 spiro atoms. The highest BCUT2D eigenvalue weighted by atomic mass is 16.1. The Hall–Kier alpha value is -1.24. The van der Waals surface area contributed by atoms with Gasteiger partial charge in [-0.2, -0.15) is 0 Å². The quantitative estimate of drug-likeness (QED) is 0.255. The van der Waals surface area contributed by atoms with Gasteiger partial charge in [0.1, 0.15) is 0 Å². The first-order valence-electron chi connectivity index (χ1n) is 0.908. The molecule has 32 heavy (non-hydrogen) atoms. The monoisotopic (exact) mass is 503 g/mol. The SMILES string of the molecule is C.C.C.C.C.C.C.C.C.C.C.C.C.C.C.C.C.C.C.C.C.C.C.C.C.C.N=C=O.N=C=O. The van der Waals surface area contributed by atoms with Crippen molar-refractivity contribution in [2.75, 3.05) is 0 Å². The highest BCUT2D eigenvalue weighted by molar-refractivity contribution is 5.26. The molecule has 0 radical (unpaired) electrons. The first-order valence-corrected chi connectivity index (χ1v) is 0.908. The molecule has 0 aromatic carbocycles. The van der Waals surface area contributed by atoms with E-state index in [0.29, 0.717) is 0 Å². The molecule has 0 rings (SSSR count). The zero-order chi connectivity index (χ0) is 5.41. The second-order valence-corrected chi connectivity index (χ2v) is 0.204. The van der Waals surface area contributed by atoms with Crippen LogP contribution in [0.25, 0.3) is 0 Å². The van der Waals surface area contributed by atoms with Crippen molar-refractivity contribution < 1.29 is 9.59 Å². The highest BCUT2D eigenvalue weighted by Crippen LogP contribution is 0.871. The van der Waals surface area contributed by atoms with Gasteiger partial charge in [-0.25, -0.2) is 20.4 Å². The molecule has 0 bridgehead atoms. The van der Waals surface area contributed by atoms with E-state index >= 15 is 0 Å². The molecule has 0 saturated carbocycles. The van der Waals surface area contributed by atoms with Crippen molar-refractivity contribution in [3.63, 3.8) is 0 Å². The molecule has 0 aliphatic heterocycles. The van der Waals surface area contributed by atoms with Crippen LogP contribution in [0.5, 0.6) is 0 Å². The maximum absolute atomic E-state index is 8.35. The van der Waals surface area contributed by atoms with Crippen LogP contribution >= 0.6 is 0 Å². The first-order chi connectivity index (χ1) is 2.83. The largest absolute Gasteiger partial charge is 0.231 e. The van der Waals surface area contributed by atoms with Crippen LogP contribution in [0.2, 0.25) is 0 Å². The van der Waals surface area contributed by atoms with Crippen LogP contribution in [0.3, 0.4) is 0 Å². The van der Waals surface area contributed by atoms with Crippen molar-refractivity contribution in [2.45, 2.75) is 193 Å². The van der Waals surface area contributed by atoms with Crippen molar-refractivity contribution in [2.24, 2.45) is 0 Å². The van der Waals surface area contributed by atoms with Crippen LogP contribution in [-0.2, 0) is 9.59 Å². The third kappa shape index (κ3) is 14400. The molecule has 4 heteroatoms. The van der Waals surface area contributed by atoms with Gasteiger partial charge in [-0.15, -0.1) is 0 Å². The molecular weight excluding hydrogens is 396 g/mol. The third-order valence-electron chi connectivity index (χ3n) is 0. The van der Waals surface area contributed by atoms with Gasteiger partial charge in [-0.05, 0) is 0 Å². The van der Waals surface area contributed by atoms with Gasteiger partial charge in [-0.3, -0.25) is 0 Å². The summed E-state index contributed by atoms with van der Waals surface area (Å²) in [6.07, 6.45) is 1.50. The maximum Gasteiger partial charge on any atom is 0.231 e. The van der Waals surface area contributed by atoms with Gasteiger partial charge >= 0.3 is 0 Å². The molecule has 0 fully saturated rings. The molecular formula is C28H106N2O2. The maximum atomic E-state index is 8.35. The average molecular weight is 503 g/mol. The molecule has 0 saturated heterocycles. The summed E-state index contributed by atoms with van der Waals surface area (Å²) in [5.41, 5.74) is 0. The van der Waals surface area contributed by atoms with Gasteiger partial charge < -0.3 is 0 Å². The van der Waals surface area contributed by atoms with E-state index in [2.05, 4.69) is 0 Å². The second-order valence-electron chi connectivity index (χ2n) is 0.204. The van der Waals surface area contributed by atoms with Crippen molar-refractivity contribution in [3.8, 4) is 0 Å². The van der Waals surface area contributed by atoms with Gasteiger partial charge in [0.25, 0.3) is 0 Å². The zero-order valence-corrected chi connectivity index (χ0v) is 2.82. The topological polar surface area (TPSA) is 81.8 Å². The fourth-order valence-corrected chi connectivity index (χ4v) is 0. The van der Waals surface area contributed by atoms with E-state index < -0.39 is 0 Å². The second kappa shape index (κ2) is 42600. The molecule has 0 aliphatic carbocycles. The van der Waals surface area contributed by atoms with Gasteiger partial charge in [0, 0.05) is 0 Å². The van der Waals surface area contributed by atoms with Crippen molar-refractivity contribution in [1.29, 1.82) is 10.8 Å². The van der Waals surface area contributed by atoms with E-state index in [-0.39, 0.29) is 193 Å². The van der Waals surface area contributed by atoms with E-state index in [1.54, 1.807) is 0 Å². The van der Waals surface area contributed by atoms with E-state index in [9.17, 15) is 0 Å². The fourth-order valence-electron chi connectivity index (χ4n) is 0. The Kier molecular flexibility index (Phi) is 4760000. The number of hydrogen-bond acceptors (Lipinski definition) is 4. The van der Waals surface area contributed by atoms with Crippen molar-refractivity contribution in [3.05, 3.63) is 0 Å². The minimum Gasteiger partial charge on any atom is -0.222 e. The summed E-state index contributed by atoms with van der Waals surface area (Å²) in [5.74, 6) is 0. The van der Waals surface area contributed by atoms with Gasteiger partial charge in [0.15, 0.2) is 0 Å². The van der Waals surface area contributed by atoms with Crippen molar-refractivity contribution >= 4 is 12.2 Å². The lowest BCUT2D eigenvalue weighted by Gasteiger charge is -1.02. The number of carbonyl (C=O) groups excluding carboxylic acids is 2. The predicted octanol–water partition coefficient (Wildman–Crippen LogP) is 16.3. The van der Waals surface area contributed by atoms with E-state index in [0.717, 1.165) is 12.2 Å². The smallest absolute Gasteiger partial charge is 0.222 e. The Balaban J connectivity index is -0.000000000212. The minimum atomic E-state index is 0. The summed E-state index contributed by atoms with van der Waals surface area (Å²) in [4.78, 5) is 16.7. The van der Waals surface area contributed by atoms with E-state index in [4.69, 9.17) is 20.4 Å². The van der Waals surface area contributed by atoms with Crippen molar-refractivity contribution in [1.82, 2.24) is 0 Å². The molecule has 0 aliphatic rings. The fraction of sp³-hybridized carbons (Fsp3) is 0.929. The average Bonchev–Trinajstić information content (AvgIpc) is 1.39. The van der Waals surface area contributed by atoms with Crippen LogP contribution in [0.1, 0.15) is 193 Å². The normalized spacial score (nSPS) is 0.500. The minimum absolute atomic E-state index is 0. The number of isocyanates is 2. The Morgan fingerprint density at radius 1 is 0.219 bits per heavy atom. The molecule has 0 amide bonds. The standard InChI is InChI=1S/2CHNO.26CH4/c2*2-1-3;;;;;;;;;;;;;;;;;;;;;;;;;;/h2*2H;26*1H4. The number of hydrogen-bond donors (Lipinski definition) is 2. The van der Waals surface area contributed by atoms with Crippen LogP contribution in [0.15, 0.2) is 0 Å².